The van der Waals surface area contributed by atoms with Crippen molar-refractivity contribution in [1.82, 2.24) is 0 Å². The summed E-state index contributed by atoms with van der Waals surface area (Å²) in [7, 11) is 0. The van der Waals surface area contributed by atoms with Crippen LogP contribution in [0.15, 0.2) is 6.99 Å². The van der Waals surface area contributed by atoms with Gasteiger partial charge in [-0.2, -0.15) is 0 Å². The van der Waals surface area contributed by atoms with Crippen LogP contribution in [0.1, 0.15) is 55.4 Å². The molecule has 0 unspecified atom stereocenters. The van der Waals surface area contributed by atoms with Gasteiger partial charge in [-0.3, -0.25) is 0 Å². The normalized spacial score (nSPS) is 10.2. The summed E-state index contributed by atoms with van der Waals surface area (Å²) in [6, 6.07) is 0. The molecule has 0 bridgehead atoms. The van der Waals surface area contributed by atoms with Gasteiger partial charge in [0.05, 0.1) is 0 Å². The van der Waals surface area contributed by atoms with Crippen molar-refractivity contribution in [3.8, 4) is 0 Å². The molecule has 0 aromatic rings. The van der Waals surface area contributed by atoms with Crippen molar-refractivity contribution >= 4 is 0 Å². The standard InChI is InChI=1S/2C4H9N.2C2H6O.Mo/c2*1-4(2,3)5;2*1-2-3;/h2*1-3H3;2*3H,2H2,1H3;. The van der Waals surface area contributed by atoms with Crippen LogP contribution in [0, 0.1) is 0 Å². The molecule has 0 saturated carbocycles. The molecule has 0 spiro atoms. The molecule has 106 valence electrons. The van der Waals surface area contributed by atoms with Crippen LogP contribution in [-0.4, -0.2) is 34.5 Å². The van der Waals surface area contributed by atoms with Crippen LogP contribution >= 0.6 is 0 Å². The molecule has 0 aliphatic heterocycles. The molecule has 0 aromatic carbocycles. The first kappa shape index (κ1) is 22.4. The van der Waals surface area contributed by atoms with Gasteiger partial charge in [-0.1, -0.05) is 0 Å². The molecule has 5 heteroatoms. The molecule has 0 aliphatic rings. The van der Waals surface area contributed by atoms with Gasteiger partial charge in [0.1, 0.15) is 0 Å². The second-order valence-electron chi connectivity index (χ2n) is 5.24. The van der Waals surface area contributed by atoms with E-state index in [0.29, 0.717) is 0 Å². The number of aliphatic hydroxyl groups excluding tert-OH is 2. The van der Waals surface area contributed by atoms with Crippen LogP contribution in [0.5, 0.6) is 0 Å². The van der Waals surface area contributed by atoms with Gasteiger partial charge in [0.15, 0.2) is 0 Å². The minimum Gasteiger partial charge on any atom is -0.397 e. The molecular weight excluding hydrogens is 300 g/mol. The quantitative estimate of drug-likeness (QED) is 0.671. The maximum atomic E-state index is 7.57. The fraction of sp³-hybridized carbons (Fsp3) is 1.00. The number of aliphatic hydroxyl groups is 2. The molecule has 0 heterocycles. The van der Waals surface area contributed by atoms with E-state index >= 15 is 0 Å². The Bertz CT molecular complexity index is 192. The maximum absolute atomic E-state index is 7.57. The number of nitrogens with zero attached hydrogens (tertiary/aromatic N) is 2. The molecule has 0 radical (unpaired) electrons. The molecule has 2 N–H and O–H groups in total. The van der Waals surface area contributed by atoms with Crippen molar-refractivity contribution in [2.75, 3.05) is 13.2 Å². The predicted octanol–water partition coefficient (Wildman–Crippen LogP) is 3.03. The average molecular weight is 330 g/mol. The van der Waals surface area contributed by atoms with Gasteiger partial charge in [0.25, 0.3) is 0 Å². The van der Waals surface area contributed by atoms with Crippen molar-refractivity contribution in [2.24, 2.45) is 6.99 Å². The number of hydrogen-bond donors (Lipinski definition) is 2. The summed E-state index contributed by atoms with van der Waals surface area (Å²) in [5.74, 6) is 0. The van der Waals surface area contributed by atoms with Crippen LogP contribution < -0.4 is 0 Å². The van der Waals surface area contributed by atoms with Gasteiger partial charge < -0.3 is 10.2 Å². The zero-order valence-corrected chi connectivity index (χ0v) is 14.6. The van der Waals surface area contributed by atoms with Crippen molar-refractivity contribution in [1.29, 1.82) is 0 Å². The first-order valence-electron chi connectivity index (χ1n) is 5.86. The number of hydrogen-bond acceptors (Lipinski definition) is 4. The minimum absolute atomic E-state index is 0.108. The summed E-state index contributed by atoms with van der Waals surface area (Å²) < 4.78 is 9.01. The van der Waals surface area contributed by atoms with Crippen LogP contribution in [0.25, 0.3) is 0 Å². The molecule has 0 aromatic heterocycles. The summed E-state index contributed by atoms with van der Waals surface area (Å²) in [6.45, 7) is 16.6. The Kier molecular flexibility index (Phi) is 16.7. The van der Waals surface area contributed by atoms with E-state index in [1.807, 2.05) is 0 Å². The third-order valence-electron chi connectivity index (χ3n) is 0.629. The van der Waals surface area contributed by atoms with Crippen LogP contribution in [0.4, 0.5) is 0 Å². The van der Waals surface area contributed by atoms with Crippen molar-refractivity contribution < 1.29 is 28.4 Å². The van der Waals surface area contributed by atoms with Gasteiger partial charge >= 0.3 is 77.8 Å². The van der Waals surface area contributed by atoms with Crippen molar-refractivity contribution in [3.05, 3.63) is 0 Å². The van der Waals surface area contributed by atoms with Crippen LogP contribution in [-0.2, 0) is 18.2 Å². The maximum Gasteiger partial charge on any atom is 0.0402 e. The molecule has 0 aliphatic carbocycles. The predicted molar refractivity (Wildman–Crippen MR) is 69.9 cm³/mol. The van der Waals surface area contributed by atoms with Crippen LogP contribution in [0.3, 0.4) is 0 Å². The van der Waals surface area contributed by atoms with E-state index in [2.05, 4.69) is 48.5 Å². The molecule has 17 heavy (non-hydrogen) atoms. The molecule has 0 fully saturated rings. The van der Waals surface area contributed by atoms with Crippen molar-refractivity contribution in [3.63, 3.8) is 0 Å². The van der Waals surface area contributed by atoms with E-state index in [1.165, 1.54) is 0 Å². The molecule has 0 atom stereocenters. The molecular formula is C12H30MoN2O2. The fourth-order valence-electron chi connectivity index (χ4n) is 0.265. The zero-order valence-electron chi connectivity index (χ0n) is 12.6. The first-order valence-corrected chi connectivity index (χ1v) is 7.65. The van der Waals surface area contributed by atoms with E-state index < -0.39 is 18.2 Å². The van der Waals surface area contributed by atoms with E-state index in [4.69, 9.17) is 10.2 Å². The summed E-state index contributed by atoms with van der Waals surface area (Å²) in [6.07, 6.45) is 0. The Hall–Kier alpha value is 0.208. The average Bonchev–Trinajstić information content (AvgIpc) is 2.01. The monoisotopic (exact) mass is 332 g/mol. The van der Waals surface area contributed by atoms with E-state index in [1.54, 1.807) is 13.8 Å². The minimum atomic E-state index is -0.473. The summed E-state index contributed by atoms with van der Waals surface area (Å²) in [4.78, 5) is 0. The van der Waals surface area contributed by atoms with Crippen LogP contribution in [0.2, 0.25) is 0 Å². The largest absolute Gasteiger partial charge is 0.397 e. The van der Waals surface area contributed by atoms with Gasteiger partial charge in [-0.05, 0) is 13.8 Å². The van der Waals surface area contributed by atoms with E-state index in [-0.39, 0.29) is 24.3 Å². The Morgan fingerprint density at radius 2 is 0.941 bits per heavy atom. The Morgan fingerprint density at radius 1 is 0.765 bits per heavy atom. The Labute approximate surface area is 115 Å². The second kappa shape index (κ2) is 12.7. The zero-order chi connectivity index (χ0) is 14.5. The SMILES string of the molecule is CC(C)(C)[N]=[Mo]=[N]C(C)(C)C.CCO.CCO. The molecule has 0 amide bonds. The smallest absolute Gasteiger partial charge is 0.0402 e. The van der Waals surface area contributed by atoms with Crippen molar-refractivity contribution in [2.45, 2.75) is 66.5 Å². The van der Waals surface area contributed by atoms with Gasteiger partial charge in [-0.25, -0.2) is 0 Å². The third kappa shape index (κ3) is 48.6. The van der Waals surface area contributed by atoms with Gasteiger partial charge in [-0.15, -0.1) is 0 Å². The number of rotatable bonds is 0. The summed E-state index contributed by atoms with van der Waals surface area (Å²) in [5, 5.41) is 15.1. The third-order valence-corrected chi connectivity index (χ3v) is 3.72. The van der Waals surface area contributed by atoms with E-state index in [0.717, 1.165) is 0 Å². The van der Waals surface area contributed by atoms with Gasteiger partial charge in [0, 0.05) is 13.2 Å². The second-order valence-corrected chi connectivity index (χ2v) is 6.54. The molecule has 4 nitrogen and oxygen atoms in total. The summed E-state index contributed by atoms with van der Waals surface area (Å²) >= 11 is -0.473. The first-order chi connectivity index (χ1) is 7.54. The summed E-state index contributed by atoms with van der Waals surface area (Å²) in [5.41, 5.74) is 0.216. The Morgan fingerprint density at radius 3 is 1.06 bits per heavy atom. The fourth-order valence-corrected chi connectivity index (χ4v) is 1.57. The van der Waals surface area contributed by atoms with E-state index in [9.17, 15) is 0 Å². The molecule has 0 rings (SSSR count). The molecule has 0 saturated heterocycles. The Balaban J connectivity index is -0.000000273. The van der Waals surface area contributed by atoms with Gasteiger partial charge in [0.2, 0.25) is 0 Å². The topological polar surface area (TPSA) is 65.2 Å².